The molecule has 21 heavy (non-hydrogen) atoms. The Kier molecular flexibility index (Phi) is 5.75. The lowest BCUT2D eigenvalue weighted by Crippen LogP contribution is -2.12. The Morgan fingerprint density at radius 3 is 2.57 bits per heavy atom. The maximum Gasteiger partial charge on any atom is 0.240 e. The van der Waals surface area contributed by atoms with Crippen molar-refractivity contribution in [1.29, 1.82) is 0 Å². The zero-order valence-corrected chi connectivity index (χ0v) is 12.9. The number of benzene rings is 1. The summed E-state index contributed by atoms with van der Waals surface area (Å²) < 4.78 is 10.7. The van der Waals surface area contributed by atoms with Gasteiger partial charge in [0.05, 0.1) is 13.2 Å². The minimum atomic E-state index is 0.577. The molecule has 0 fully saturated rings. The zero-order chi connectivity index (χ0) is 15.1. The molecule has 0 saturated carbocycles. The van der Waals surface area contributed by atoms with E-state index < -0.39 is 0 Å². The lowest BCUT2D eigenvalue weighted by atomic mass is 10.1. The third-order valence-electron chi connectivity index (χ3n) is 3.06. The quantitative estimate of drug-likeness (QED) is 0.809. The normalized spacial score (nSPS) is 11.0. The number of ether oxygens (including phenoxy) is 1. The van der Waals surface area contributed by atoms with Crippen LogP contribution < -0.4 is 10.1 Å². The molecule has 0 radical (unpaired) electrons. The molecule has 0 aliphatic heterocycles. The molecule has 5 nitrogen and oxygen atoms in total. The van der Waals surface area contributed by atoms with Crippen molar-refractivity contribution in [1.82, 2.24) is 15.5 Å². The van der Waals surface area contributed by atoms with E-state index in [1.807, 2.05) is 19.1 Å². The highest BCUT2D eigenvalue weighted by Crippen LogP contribution is 2.13. The molecule has 5 heteroatoms. The molecule has 0 aliphatic carbocycles. The number of nitrogens with zero attached hydrogens (tertiary/aromatic N) is 2. The van der Waals surface area contributed by atoms with Crippen molar-refractivity contribution in [3.05, 3.63) is 41.5 Å². The van der Waals surface area contributed by atoms with Crippen LogP contribution in [0.1, 0.15) is 37.5 Å². The van der Waals surface area contributed by atoms with Gasteiger partial charge in [-0.25, -0.2) is 0 Å². The third kappa shape index (κ3) is 5.55. The fourth-order valence-corrected chi connectivity index (χ4v) is 1.84. The van der Waals surface area contributed by atoms with Crippen molar-refractivity contribution in [3.8, 4) is 5.75 Å². The van der Waals surface area contributed by atoms with E-state index in [0.717, 1.165) is 25.3 Å². The number of rotatable bonds is 8. The van der Waals surface area contributed by atoms with E-state index in [-0.39, 0.29) is 0 Å². The van der Waals surface area contributed by atoms with Gasteiger partial charge >= 0.3 is 0 Å². The molecular formula is C16H23N3O2. The lowest BCUT2D eigenvalue weighted by molar-refractivity contribution is 0.289. The molecule has 1 aromatic carbocycles. The number of nitrogens with one attached hydrogen (secondary N) is 1. The maximum atomic E-state index is 5.69. The van der Waals surface area contributed by atoms with Crippen molar-refractivity contribution in [2.45, 2.75) is 40.3 Å². The minimum absolute atomic E-state index is 0.577. The summed E-state index contributed by atoms with van der Waals surface area (Å²) in [6.07, 6.45) is 1.08. The van der Waals surface area contributed by atoms with Crippen molar-refractivity contribution >= 4 is 0 Å². The van der Waals surface area contributed by atoms with E-state index in [4.69, 9.17) is 9.26 Å². The van der Waals surface area contributed by atoms with Crippen LogP contribution >= 0.6 is 0 Å². The van der Waals surface area contributed by atoms with E-state index in [0.29, 0.717) is 24.2 Å². The highest BCUT2D eigenvalue weighted by Gasteiger charge is 2.02. The van der Waals surface area contributed by atoms with Crippen LogP contribution in [-0.4, -0.2) is 16.7 Å². The van der Waals surface area contributed by atoms with Gasteiger partial charge in [0.1, 0.15) is 5.75 Å². The maximum absolute atomic E-state index is 5.69. The highest BCUT2D eigenvalue weighted by atomic mass is 16.5. The first-order valence-corrected chi connectivity index (χ1v) is 7.35. The SMILES string of the molecule is Cc1noc(CNCc2ccc(OCCC(C)C)cc2)n1. The van der Waals surface area contributed by atoms with Crippen LogP contribution in [0.3, 0.4) is 0 Å². The van der Waals surface area contributed by atoms with E-state index in [1.165, 1.54) is 5.56 Å². The Hall–Kier alpha value is -1.88. The Labute approximate surface area is 125 Å². The van der Waals surface area contributed by atoms with Gasteiger partial charge in [0.15, 0.2) is 5.82 Å². The molecule has 0 amide bonds. The minimum Gasteiger partial charge on any atom is -0.494 e. The molecule has 0 bridgehead atoms. The van der Waals surface area contributed by atoms with Gasteiger partial charge in [-0.1, -0.05) is 31.1 Å². The van der Waals surface area contributed by atoms with Crippen LogP contribution in [0.15, 0.2) is 28.8 Å². The first kappa shape index (κ1) is 15.5. The van der Waals surface area contributed by atoms with Gasteiger partial charge in [-0.3, -0.25) is 0 Å². The molecule has 2 rings (SSSR count). The third-order valence-corrected chi connectivity index (χ3v) is 3.06. The molecule has 0 saturated heterocycles. The summed E-state index contributed by atoms with van der Waals surface area (Å²) in [5, 5.41) is 7.02. The summed E-state index contributed by atoms with van der Waals surface area (Å²) in [5.41, 5.74) is 1.20. The zero-order valence-electron chi connectivity index (χ0n) is 12.9. The number of aromatic nitrogens is 2. The van der Waals surface area contributed by atoms with E-state index in [9.17, 15) is 0 Å². The van der Waals surface area contributed by atoms with Crippen molar-refractivity contribution in [2.24, 2.45) is 5.92 Å². The summed E-state index contributed by atoms with van der Waals surface area (Å²) >= 11 is 0. The second-order valence-corrected chi connectivity index (χ2v) is 5.51. The molecule has 2 aromatic rings. The van der Waals surface area contributed by atoms with Gasteiger partial charge in [-0.05, 0) is 37.0 Å². The largest absolute Gasteiger partial charge is 0.494 e. The summed E-state index contributed by atoms with van der Waals surface area (Å²) in [4.78, 5) is 4.14. The first-order chi connectivity index (χ1) is 10.1. The summed E-state index contributed by atoms with van der Waals surface area (Å²) in [7, 11) is 0. The Morgan fingerprint density at radius 2 is 1.95 bits per heavy atom. The molecule has 1 heterocycles. The molecule has 0 atom stereocenters. The second-order valence-electron chi connectivity index (χ2n) is 5.51. The second kappa shape index (κ2) is 7.78. The average Bonchev–Trinajstić information content (AvgIpc) is 2.86. The Morgan fingerprint density at radius 1 is 1.19 bits per heavy atom. The van der Waals surface area contributed by atoms with Crippen LogP contribution in [0.2, 0.25) is 0 Å². The van der Waals surface area contributed by atoms with Crippen LogP contribution in [-0.2, 0) is 13.1 Å². The van der Waals surface area contributed by atoms with Gasteiger partial charge in [0.25, 0.3) is 0 Å². The Bertz CT molecular complexity index is 535. The van der Waals surface area contributed by atoms with Crippen molar-refractivity contribution < 1.29 is 9.26 Å². The smallest absolute Gasteiger partial charge is 0.240 e. The first-order valence-electron chi connectivity index (χ1n) is 7.35. The Balaban J connectivity index is 1.72. The van der Waals surface area contributed by atoms with Crippen molar-refractivity contribution in [2.75, 3.05) is 6.61 Å². The number of hydrogen-bond acceptors (Lipinski definition) is 5. The van der Waals surface area contributed by atoms with Gasteiger partial charge in [0.2, 0.25) is 5.89 Å². The summed E-state index contributed by atoms with van der Waals surface area (Å²) in [5.74, 6) is 2.87. The van der Waals surface area contributed by atoms with Gasteiger partial charge in [-0.15, -0.1) is 0 Å². The number of hydrogen-bond donors (Lipinski definition) is 1. The fraction of sp³-hybridized carbons (Fsp3) is 0.500. The molecule has 0 aliphatic rings. The molecule has 1 N–H and O–H groups in total. The van der Waals surface area contributed by atoms with Crippen molar-refractivity contribution in [3.63, 3.8) is 0 Å². The molecule has 114 valence electrons. The van der Waals surface area contributed by atoms with Gasteiger partial charge in [0, 0.05) is 6.54 Å². The van der Waals surface area contributed by atoms with E-state index in [2.05, 4.69) is 41.4 Å². The highest BCUT2D eigenvalue weighted by molar-refractivity contribution is 5.27. The summed E-state index contributed by atoms with van der Waals surface area (Å²) in [6.45, 7) is 8.31. The van der Waals surface area contributed by atoms with Crippen LogP contribution in [0, 0.1) is 12.8 Å². The average molecular weight is 289 g/mol. The monoisotopic (exact) mass is 289 g/mol. The molecule has 1 aromatic heterocycles. The standard InChI is InChI=1S/C16H23N3O2/c1-12(2)8-9-20-15-6-4-14(5-7-15)10-17-11-16-18-13(3)19-21-16/h4-7,12,17H,8-11H2,1-3H3. The van der Waals surface area contributed by atoms with E-state index >= 15 is 0 Å². The molecule has 0 spiro atoms. The van der Waals surface area contributed by atoms with Crippen LogP contribution in [0.25, 0.3) is 0 Å². The number of aryl methyl sites for hydroxylation is 1. The predicted molar refractivity (Wildman–Crippen MR) is 81.0 cm³/mol. The van der Waals surface area contributed by atoms with Gasteiger partial charge < -0.3 is 14.6 Å². The van der Waals surface area contributed by atoms with Crippen LogP contribution in [0.4, 0.5) is 0 Å². The fourth-order valence-electron chi connectivity index (χ4n) is 1.84. The van der Waals surface area contributed by atoms with E-state index in [1.54, 1.807) is 0 Å². The van der Waals surface area contributed by atoms with Gasteiger partial charge in [-0.2, -0.15) is 4.98 Å². The predicted octanol–water partition coefficient (Wildman–Crippen LogP) is 3.09. The summed E-state index contributed by atoms with van der Waals surface area (Å²) in [6, 6.07) is 8.15. The van der Waals surface area contributed by atoms with Crippen LogP contribution in [0.5, 0.6) is 5.75 Å². The molecular weight excluding hydrogens is 266 g/mol. The topological polar surface area (TPSA) is 60.2 Å². The lowest BCUT2D eigenvalue weighted by Gasteiger charge is -2.09. The molecule has 0 unspecified atom stereocenters.